The van der Waals surface area contributed by atoms with Crippen molar-refractivity contribution in [1.29, 1.82) is 0 Å². The van der Waals surface area contributed by atoms with Crippen LogP contribution in [0.25, 0.3) is 32.6 Å². The molecule has 6 nitrogen and oxygen atoms in total. The Bertz CT molecular complexity index is 1780. The number of rotatable bonds is 7. The van der Waals surface area contributed by atoms with Gasteiger partial charge in [-0.15, -0.1) is 11.3 Å². The number of thiophene rings is 1. The van der Waals surface area contributed by atoms with Gasteiger partial charge in [-0.1, -0.05) is 37.6 Å². The third-order valence-corrected chi connectivity index (χ3v) is 10.0. The summed E-state index contributed by atoms with van der Waals surface area (Å²) >= 11 is 1.78. The summed E-state index contributed by atoms with van der Waals surface area (Å²) in [6, 6.07) is 7.12. The van der Waals surface area contributed by atoms with Gasteiger partial charge in [0.2, 0.25) is 0 Å². The Balaban J connectivity index is 1.29. The molecule has 0 aromatic carbocycles. The van der Waals surface area contributed by atoms with Gasteiger partial charge in [-0.2, -0.15) is 0 Å². The summed E-state index contributed by atoms with van der Waals surface area (Å²) in [5, 5.41) is 0. The monoisotopic (exact) mass is 588 g/mol. The van der Waals surface area contributed by atoms with Crippen molar-refractivity contribution in [3.8, 4) is 10.4 Å². The first-order valence-corrected chi connectivity index (χ1v) is 16.5. The van der Waals surface area contributed by atoms with E-state index in [1.165, 1.54) is 58.9 Å². The van der Waals surface area contributed by atoms with Gasteiger partial charge in [0.25, 0.3) is 0 Å². The Hall–Kier alpha value is -3.81. The maximum Gasteiger partial charge on any atom is 0.138 e. The summed E-state index contributed by atoms with van der Waals surface area (Å²) in [7, 11) is 0. The lowest BCUT2D eigenvalue weighted by Gasteiger charge is -2.27. The lowest BCUT2D eigenvalue weighted by atomic mass is 9.97. The number of aryl methyl sites for hydroxylation is 1. The molecule has 7 heteroatoms. The van der Waals surface area contributed by atoms with Crippen molar-refractivity contribution in [1.82, 2.24) is 24.8 Å². The molecule has 7 heterocycles. The fourth-order valence-corrected chi connectivity index (χ4v) is 7.54. The third-order valence-electron chi connectivity index (χ3n) is 9.01. The number of hydrogen-bond acceptors (Lipinski definition) is 6. The molecule has 0 spiro atoms. The Morgan fingerprint density at radius 2 is 1.95 bits per heavy atom. The number of nitrogens with one attached hydrogen (secondary N) is 1. The molecule has 43 heavy (non-hydrogen) atoms. The van der Waals surface area contributed by atoms with E-state index in [4.69, 9.17) is 9.97 Å². The normalized spacial score (nSPS) is 21.2. The van der Waals surface area contributed by atoms with Gasteiger partial charge in [-0.25, -0.2) is 4.98 Å². The number of nitrogens with zero attached hydrogens (tertiary/aromatic N) is 5. The molecule has 3 aliphatic rings. The first kappa shape index (κ1) is 28.0. The summed E-state index contributed by atoms with van der Waals surface area (Å²) in [6.07, 6.45) is 21.2. The Morgan fingerprint density at radius 3 is 2.72 bits per heavy atom. The van der Waals surface area contributed by atoms with Crippen molar-refractivity contribution in [3.05, 3.63) is 94.7 Å². The number of piperidine rings is 1. The third kappa shape index (κ3) is 5.52. The molecular weight excluding hydrogens is 549 g/mol. The van der Waals surface area contributed by atoms with Gasteiger partial charge in [-0.3, -0.25) is 14.9 Å². The van der Waals surface area contributed by atoms with Crippen LogP contribution in [0.4, 0.5) is 5.69 Å². The number of aromatic amines is 1. The van der Waals surface area contributed by atoms with Gasteiger partial charge in [0, 0.05) is 45.7 Å². The van der Waals surface area contributed by atoms with E-state index in [1.807, 2.05) is 12.4 Å². The van der Waals surface area contributed by atoms with Gasteiger partial charge in [-0.05, 0) is 88.0 Å². The number of likely N-dealkylation sites (tertiary alicyclic amines) is 1. The zero-order chi connectivity index (χ0) is 29.5. The summed E-state index contributed by atoms with van der Waals surface area (Å²) in [5.41, 5.74) is 10.0. The summed E-state index contributed by atoms with van der Waals surface area (Å²) in [4.78, 5) is 26.0. The number of pyridine rings is 2. The SMILES string of the molecule is C/C=C/C(=C\C(=C/C)c1cc2c(cn1)N1CC1C(C)C=C2c1nc2c(-c3ccc(C)s3)cncc2[nH]1)CN1CCCCC1. The minimum atomic E-state index is 0.406. The average Bonchev–Trinajstić information content (AvgIpc) is 3.54. The number of anilines is 1. The van der Waals surface area contributed by atoms with Gasteiger partial charge in [0.05, 0.1) is 35.3 Å². The molecule has 7 rings (SSSR count). The van der Waals surface area contributed by atoms with E-state index in [-0.39, 0.29) is 0 Å². The highest BCUT2D eigenvalue weighted by atomic mass is 32.1. The number of fused-ring (bicyclic) bond motifs is 4. The standard InChI is InChI=1S/C36H40N6S/c1-5-10-25(21-41-13-8-7-9-14-41)16-26(6-2)30-17-27-28(15-23(3)33-22-42(33)32(27)20-38-30)36-39-31-19-37-18-29(35(31)40-36)34-12-11-24(4)43-34/h5-6,10-12,15-20,23,33H,7-9,13-14,21-22H2,1-4H3,(H,39,40)/b10-5+,25-16+,26-6+. The molecule has 0 saturated carbocycles. The zero-order valence-electron chi connectivity index (χ0n) is 25.6. The number of aromatic nitrogens is 4. The van der Waals surface area contributed by atoms with Gasteiger partial charge < -0.3 is 9.88 Å². The van der Waals surface area contributed by atoms with Gasteiger partial charge in [0.15, 0.2) is 0 Å². The zero-order valence-corrected chi connectivity index (χ0v) is 26.4. The van der Waals surface area contributed by atoms with Crippen LogP contribution in [-0.2, 0) is 0 Å². The first-order chi connectivity index (χ1) is 21.0. The second-order valence-electron chi connectivity index (χ2n) is 12.1. The van der Waals surface area contributed by atoms with Crippen molar-refractivity contribution in [2.75, 3.05) is 31.1 Å². The highest BCUT2D eigenvalue weighted by Crippen LogP contribution is 2.44. The molecule has 0 aliphatic carbocycles. The van der Waals surface area contributed by atoms with Crippen LogP contribution in [0.5, 0.6) is 0 Å². The molecule has 0 bridgehead atoms. The molecule has 3 aliphatic heterocycles. The second-order valence-corrected chi connectivity index (χ2v) is 13.4. The molecule has 2 unspecified atom stereocenters. The molecule has 2 fully saturated rings. The van der Waals surface area contributed by atoms with Crippen molar-refractivity contribution in [2.45, 2.75) is 53.0 Å². The maximum absolute atomic E-state index is 5.23. The molecule has 4 aromatic heterocycles. The van der Waals surface area contributed by atoms with E-state index in [0.29, 0.717) is 12.0 Å². The predicted octanol–water partition coefficient (Wildman–Crippen LogP) is 8.05. The van der Waals surface area contributed by atoms with Gasteiger partial charge >= 0.3 is 0 Å². The number of imidazole rings is 1. The first-order valence-electron chi connectivity index (χ1n) is 15.6. The predicted molar refractivity (Wildman–Crippen MR) is 180 cm³/mol. The van der Waals surface area contributed by atoms with E-state index < -0.39 is 0 Å². The lowest BCUT2D eigenvalue weighted by Crippen LogP contribution is -2.31. The Labute approximate surface area is 258 Å². The molecule has 4 aromatic rings. The van der Waals surface area contributed by atoms with E-state index in [9.17, 15) is 0 Å². The lowest BCUT2D eigenvalue weighted by molar-refractivity contribution is 0.248. The molecule has 0 amide bonds. The van der Waals surface area contributed by atoms with Crippen LogP contribution in [-0.4, -0.2) is 57.1 Å². The van der Waals surface area contributed by atoms with Gasteiger partial charge in [0.1, 0.15) is 11.3 Å². The fraction of sp³-hybridized carbons (Fsp3) is 0.361. The van der Waals surface area contributed by atoms with Crippen LogP contribution < -0.4 is 4.90 Å². The topological polar surface area (TPSA) is 60.7 Å². The Morgan fingerprint density at radius 1 is 1.09 bits per heavy atom. The molecule has 1 N–H and O–H groups in total. The van der Waals surface area contributed by atoms with E-state index in [1.54, 1.807) is 11.3 Å². The average molecular weight is 589 g/mol. The molecule has 2 atom stereocenters. The molecule has 0 radical (unpaired) electrons. The van der Waals surface area contributed by atoms with E-state index >= 15 is 0 Å². The van der Waals surface area contributed by atoms with Crippen LogP contribution in [0, 0.1) is 12.8 Å². The van der Waals surface area contributed by atoms with Crippen LogP contribution in [0.3, 0.4) is 0 Å². The number of hydrogen-bond donors (Lipinski definition) is 1. The second kappa shape index (κ2) is 11.7. The minimum absolute atomic E-state index is 0.406. The van der Waals surface area contributed by atoms with Crippen molar-refractivity contribution < 1.29 is 0 Å². The molecule has 220 valence electrons. The summed E-state index contributed by atoms with van der Waals surface area (Å²) < 4.78 is 0. The highest BCUT2D eigenvalue weighted by molar-refractivity contribution is 7.15. The molecular formula is C36H40N6S. The quantitative estimate of drug-likeness (QED) is 0.175. The van der Waals surface area contributed by atoms with E-state index in [0.717, 1.165) is 52.4 Å². The van der Waals surface area contributed by atoms with Crippen LogP contribution in [0.1, 0.15) is 62.0 Å². The van der Waals surface area contributed by atoms with Crippen LogP contribution in [0.2, 0.25) is 0 Å². The number of allylic oxidation sites excluding steroid dienone is 4. The summed E-state index contributed by atoms with van der Waals surface area (Å²) in [5.74, 6) is 1.30. The maximum atomic E-state index is 5.23. The fourth-order valence-electron chi connectivity index (χ4n) is 6.66. The van der Waals surface area contributed by atoms with Crippen molar-refractivity contribution >= 4 is 39.2 Å². The van der Waals surface area contributed by atoms with Crippen molar-refractivity contribution in [3.63, 3.8) is 0 Å². The Kier molecular flexibility index (Phi) is 7.62. The van der Waals surface area contributed by atoms with Crippen LogP contribution >= 0.6 is 11.3 Å². The highest BCUT2D eigenvalue weighted by Gasteiger charge is 2.42. The van der Waals surface area contributed by atoms with Crippen LogP contribution in [0.15, 0.2) is 72.7 Å². The smallest absolute Gasteiger partial charge is 0.138 e. The summed E-state index contributed by atoms with van der Waals surface area (Å²) in [6.45, 7) is 13.1. The van der Waals surface area contributed by atoms with E-state index in [2.05, 4.69) is 102 Å². The largest absolute Gasteiger partial charge is 0.362 e. The minimum Gasteiger partial charge on any atom is -0.362 e. The number of H-pyrrole nitrogens is 1. The molecule has 2 saturated heterocycles. The van der Waals surface area contributed by atoms with Crippen molar-refractivity contribution in [2.24, 2.45) is 5.92 Å².